The summed E-state index contributed by atoms with van der Waals surface area (Å²) >= 11 is 0. The fourth-order valence-corrected chi connectivity index (χ4v) is 3.01. The molecule has 0 aromatic carbocycles. The third kappa shape index (κ3) is 2.70. The summed E-state index contributed by atoms with van der Waals surface area (Å²) < 4.78 is 39.7. The van der Waals surface area contributed by atoms with E-state index in [-0.39, 0.29) is 0 Å². The lowest BCUT2D eigenvalue weighted by atomic mass is 9.96. The van der Waals surface area contributed by atoms with Crippen molar-refractivity contribution in [2.75, 3.05) is 6.61 Å². The predicted octanol–water partition coefficient (Wildman–Crippen LogP) is -3.73. The molecule has 0 aromatic heterocycles. The zero-order valence-electron chi connectivity index (χ0n) is 12.7. The Kier molecular flexibility index (Phi) is 4.37. The monoisotopic (exact) mass is 391 g/mol. The van der Waals surface area contributed by atoms with Crippen LogP contribution >= 0.6 is 0 Å². The van der Waals surface area contributed by atoms with E-state index in [0.29, 0.717) is 0 Å². The van der Waals surface area contributed by atoms with Crippen LogP contribution in [0.25, 0.3) is 0 Å². The Morgan fingerprint density at radius 2 is 2.12 bits per heavy atom. The van der Waals surface area contributed by atoms with E-state index in [1.807, 2.05) is 0 Å². The molecule has 142 valence electrons. The van der Waals surface area contributed by atoms with Crippen LogP contribution in [0.1, 0.15) is 0 Å². The van der Waals surface area contributed by atoms with E-state index in [1.54, 1.807) is 0 Å². The normalized spacial score (nSPS) is 36.2. The van der Waals surface area contributed by atoms with Gasteiger partial charge in [0.15, 0.2) is 17.9 Å². The number of aliphatic imine (C=N–C) groups is 3. The molecule has 1 fully saturated rings. The summed E-state index contributed by atoms with van der Waals surface area (Å²) in [6.45, 7) is -0.612. The molecule has 14 nitrogen and oxygen atoms in total. The van der Waals surface area contributed by atoms with Crippen LogP contribution < -0.4 is 0 Å². The quantitative estimate of drug-likeness (QED) is 0.295. The van der Waals surface area contributed by atoms with E-state index in [9.17, 15) is 23.4 Å². The predicted molar refractivity (Wildman–Crippen MR) is 82.1 cm³/mol. The van der Waals surface area contributed by atoms with Gasteiger partial charge in [-0.25, -0.2) is 19.8 Å². The van der Waals surface area contributed by atoms with Crippen LogP contribution in [0.5, 0.6) is 0 Å². The van der Waals surface area contributed by atoms with Crippen molar-refractivity contribution in [2.45, 2.75) is 30.1 Å². The summed E-state index contributed by atoms with van der Waals surface area (Å²) in [5, 5.41) is 36.9. The van der Waals surface area contributed by atoms with Crippen LogP contribution in [0.4, 0.5) is 0 Å². The van der Waals surface area contributed by atoms with Crippen molar-refractivity contribution in [3.8, 4) is 0 Å². The number of nitrogens with zero attached hydrogens (tertiary/aromatic N) is 4. The second kappa shape index (κ2) is 6.15. The van der Waals surface area contributed by atoms with Gasteiger partial charge in [-0.05, 0) is 0 Å². The highest BCUT2D eigenvalue weighted by Crippen LogP contribution is 2.33. The first-order valence-electron chi connectivity index (χ1n) is 6.99. The van der Waals surface area contributed by atoms with Crippen LogP contribution in [0.3, 0.4) is 0 Å². The van der Waals surface area contributed by atoms with Gasteiger partial charge in [-0.1, -0.05) is 0 Å². The zero-order chi connectivity index (χ0) is 19.3. The minimum absolute atomic E-state index is 0.402. The fourth-order valence-electron chi connectivity index (χ4n) is 2.70. The summed E-state index contributed by atoms with van der Waals surface area (Å²) in [5.41, 5.74) is -2.45. The zero-order valence-corrected chi connectivity index (χ0v) is 13.5. The van der Waals surface area contributed by atoms with Crippen LogP contribution in [-0.2, 0) is 24.1 Å². The number of ether oxygens (including phenoxy) is 1. The molecule has 3 heterocycles. The summed E-state index contributed by atoms with van der Waals surface area (Å²) in [5.74, 6) is -2.84. The molecule has 0 amide bonds. The lowest BCUT2D eigenvalue weighted by Gasteiger charge is -2.31. The number of carbonyl (C=O) groups excluding carboxylic acids is 1. The van der Waals surface area contributed by atoms with Crippen LogP contribution in [0.2, 0.25) is 0 Å². The summed E-state index contributed by atoms with van der Waals surface area (Å²) in [6.07, 6.45) is -3.73. The molecular formula is C11H13N5O9S. The number of amidine groups is 2. The Labute approximate surface area is 145 Å². The van der Waals surface area contributed by atoms with E-state index >= 15 is 0 Å². The second-order valence-electron chi connectivity index (χ2n) is 5.44. The Bertz CT molecular complexity index is 839. The summed E-state index contributed by atoms with van der Waals surface area (Å²) in [7, 11) is -5.21. The molecule has 1 unspecified atom stereocenters. The second-order valence-corrected chi connectivity index (χ2v) is 6.46. The van der Waals surface area contributed by atoms with E-state index in [0.717, 1.165) is 17.6 Å². The average Bonchev–Trinajstić information content (AvgIpc) is 3.07. The number of fused-ring (bicyclic) bond motifs is 1. The molecule has 3 aliphatic heterocycles. The topological polar surface area (TPSA) is 215 Å². The third-order valence-electron chi connectivity index (χ3n) is 3.92. The van der Waals surface area contributed by atoms with E-state index in [1.165, 1.54) is 0 Å². The standard InChI is InChI=1S/C11H13N5O9S/c12-8-11(10(20)25-26(21,22)23)9(14-2-13-8)16(3-15-11)7-6(19)5(18)4(1-17)24-7/h2-7,12,17-19H,1H2,(H,21,22,23)/t4-,5-,6-,7-,11?/m1/s1. The highest BCUT2D eigenvalue weighted by Gasteiger charge is 2.60. The number of nitrogens with one attached hydrogen (secondary N) is 1. The third-order valence-corrected chi connectivity index (χ3v) is 4.28. The number of hydrogen-bond acceptors (Lipinski definition) is 12. The maximum Gasteiger partial charge on any atom is 0.449 e. The van der Waals surface area contributed by atoms with E-state index in [2.05, 4.69) is 19.2 Å². The maximum absolute atomic E-state index is 12.3. The van der Waals surface area contributed by atoms with E-state index < -0.39 is 64.7 Å². The van der Waals surface area contributed by atoms with Gasteiger partial charge in [-0.2, -0.15) is 8.42 Å². The number of aliphatic hydroxyl groups is 3. The first kappa shape index (κ1) is 18.5. The molecular weight excluding hydrogens is 378 g/mol. The molecule has 0 radical (unpaired) electrons. The SMILES string of the molecule is N=C1N=CN=C2N([C@@H]3O[C@H](CO)[C@@H](O)[C@H]3O)C=NC12C(=O)OS(=O)(=O)O. The minimum atomic E-state index is -5.21. The van der Waals surface area contributed by atoms with Gasteiger partial charge in [0.1, 0.15) is 24.7 Å². The largest absolute Gasteiger partial charge is 0.449 e. The Balaban J connectivity index is 1.98. The minimum Gasteiger partial charge on any atom is -0.394 e. The van der Waals surface area contributed by atoms with Crippen molar-refractivity contribution >= 4 is 40.7 Å². The van der Waals surface area contributed by atoms with Crippen molar-refractivity contribution in [3.05, 3.63) is 0 Å². The maximum atomic E-state index is 12.3. The molecule has 15 heteroatoms. The molecule has 1 saturated heterocycles. The van der Waals surface area contributed by atoms with Crippen LogP contribution in [0.15, 0.2) is 15.0 Å². The van der Waals surface area contributed by atoms with Gasteiger partial charge >= 0.3 is 16.4 Å². The molecule has 5 atom stereocenters. The van der Waals surface area contributed by atoms with Gasteiger partial charge in [-0.3, -0.25) is 14.9 Å². The fraction of sp³-hybridized carbons (Fsp3) is 0.545. The number of carbonyl (C=O) groups is 1. The van der Waals surface area contributed by atoms with Crippen LogP contribution in [0, 0.1) is 5.41 Å². The Morgan fingerprint density at radius 3 is 2.69 bits per heavy atom. The van der Waals surface area contributed by atoms with Gasteiger partial charge in [-0.15, -0.1) is 0 Å². The number of rotatable bonds is 4. The highest BCUT2D eigenvalue weighted by molar-refractivity contribution is 7.81. The lowest BCUT2D eigenvalue weighted by Crippen LogP contribution is -2.58. The molecule has 0 aliphatic carbocycles. The molecule has 0 spiro atoms. The van der Waals surface area contributed by atoms with Crippen molar-refractivity contribution in [2.24, 2.45) is 15.0 Å². The van der Waals surface area contributed by atoms with Crippen molar-refractivity contribution in [1.82, 2.24) is 4.90 Å². The number of aliphatic hydroxyl groups excluding tert-OH is 3. The first-order chi connectivity index (χ1) is 12.1. The van der Waals surface area contributed by atoms with Crippen molar-refractivity contribution in [1.29, 1.82) is 5.41 Å². The first-order valence-corrected chi connectivity index (χ1v) is 8.35. The van der Waals surface area contributed by atoms with Crippen molar-refractivity contribution in [3.63, 3.8) is 0 Å². The summed E-state index contributed by atoms with van der Waals surface area (Å²) in [4.78, 5) is 24.2. The molecule has 0 bridgehead atoms. The van der Waals surface area contributed by atoms with Crippen molar-refractivity contribution < 1.29 is 42.0 Å². The molecule has 0 saturated carbocycles. The molecule has 26 heavy (non-hydrogen) atoms. The number of hydrogen-bond donors (Lipinski definition) is 5. The molecule has 0 aromatic rings. The van der Waals surface area contributed by atoms with Crippen LogP contribution in [-0.4, -0.2) is 100 Å². The van der Waals surface area contributed by atoms with Gasteiger partial charge in [0.2, 0.25) is 0 Å². The Hall–Kier alpha value is -2.30. The van der Waals surface area contributed by atoms with Gasteiger partial charge in [0.05, 0.1) is 12.9 Å². The smallest absolute Gasteiger partial charge is 0.394 e. The van der Waals surface area contributed by atoms with E-state index in [4.69, 9.17) is 19.8 Å². The van der Waals surface area contributed by atoms with Gasteiger partial charge in [0.25, 0.3) is 5.54 Å². The lowest BCUT2D eigenvalue weighted by molar-refractivity contribution is -0.135. The average molecular weight is 391 g/mol. The molecule has 5 N–H and O–H groups in total. The molecule has 3 rings (SSSR count). The molecule has 3 aliphatic rings. The Morgan fingerprint density at radius 1 is 1.42 bits per heavy atom. The highest BCUT2D eigenvalue weighted by atomic mass is 32.3. The van der Waals surface area contributed by atoms with Gasteiger partial charge in [0, 0.05) is 0 Å². The van der Waals surface area contributed by atoms with Gasteiger partial charge < -0.3 is 24.2 Å². The summed E-state index contributed by atoms with van der Waals surface area (Å²) in [6, 6.07) is 0.